The van der Waals surface area contributed by atoms with Gasteiger partial charge in [-0.2, -0.15) is 4.39 Å². The van der Waals surface area contributed by atoms with E-state index in [4.69, 9.17) is 13.6 Å². The van der Waals surface area contributed by atoms with Gasteiger partial charge in [0.25, 0.3) is 0 Å². The van der Waals surface area contributed by atoms with Crippen molar-refractivity contribution in [1.82, 2.24) is 34.2 Å². The molecular weight excluding hydrogens is 553 g/mol. The van der Waals surface area contributed by atoms with Crippen molar-refractivity contribution in [1.29, 1.82) is 0 Å². The molecule has 0 spiro atoms. The van der Waals surface area contributed by atoms with Gasteiger partial charge in [0.15, 0.2) is 0 Å². The zero-order chi connectivity index (χ0) is 32.7. The standard InChI is InChI=1S/C31H34FN7O4/c1-6-38-14-20(27(32)36-38)25-23(16-7-10-21-17(11-16)15-43-31(21,2)3)24-26-22(13-33-28(24)35-25)37(4)30(41)39(26)19-9-8-18(12-19)34-29(40)42-5/h7,10-11,13-14,18-19H,6,8-9,12,15H2,1-5H3,(H,33,35)(H,34,40)/t18-,19-/m1/s1/i4D3. The van der Waals surface area contributed by atoms with Gasteiger partial charge in [-0.25, -0.2) is 14.6 Å². The molecule has 1 aliphatic carbocycles. The number of alkyl carbamates (subject to hydrolysis) is 1. The summed E-state index contributed by atoms with van der Waals surface area (Å²) >= 11 is 0. The minimum absolute atomic E-state index is 0.129. The number of fused-ring (bicyclic) bond motifs is 4. The normalized spacial score (nSPS) is 20.7. The summed E-state index contributed by atoms with van der Waals surface area (Å²) in [6, 6.07) is 5.19. The van der Waals surface area contributed by atoms with Crippen LogP contribution in [0.5, 0.6) is 0 Å². The first kappa shape index (κ1) is 24.0. The van der Waals surface area contributed by atoms with E-state index >= 15 is 4.39 Å². The van der Waals surface area contributed by atoms with Crippen molar-refractivity contribution in [2.24, 2.45) is 6.98 Å². The van der Waals surface area contributed by atoms with Crippen molar-refractivity contribution in [2.75, 3.05) is 7.11 Å². The van der Waals surface area contributed by atoms with E-state index in [2.05, 4.69) is 20.4 Å². The average Bonchev–Trinajstić information content (AvgIpc) is 3.81. The van der Waals surface area contributed by atoms with Crippen LogP contribution in [-0.4, -0.2) is 48.1 Å². The number of aromatic nitrogens is 6. The van der Waals surface area contributed by atoms with Crippen LogP contribution in [0, 0.1) is 5.95 Å². The highest BCUT2D eigenvalue weighted by Crippen LogP contribution is 2.45. The highest BCUT2D eigenvalue weighted by Gasteiger charge is 2.34. The van der Waals surface area contributed by atoms with Crippen LogP contribution >= 0.6 is 0 Å². The van der Waals surface area contributed by atoms with E-state index in [9.17, 15) is 9.59 Å². The van der Waals surface area contributed by atoms with Crippen LogP contribution in [0.15, 0.2) is 35.4 Å². The summed E-state index contributed by atoms with van der Waals surface area (Å²) < 4.78 is 54.9. The van der Waals surface area contributed by atoms with Crippen LogP contribution in [0.2, 0.25) is 0 Å². The first-order valence-corrected chi connectivity index (χ1v) is 14.4. The summed E-state index contributed by atoms with van der Waals surface area (Å²) in [5.41, 5.74) is 3.57. The number of aromatic amines is 1. The van der Waals surface area contributed by atoms with E-state index in [1.165, 1.54) is 22.6 Å². The van der Waals surface area contributed by atoms with Crippen molar-refractivity contribution < 1.29 is 22.8 Å². The molecule has 0 radical (unpaired) electrons. The molecule has 224 valence electrons. The fraction of sp³-hybridized carbons (Fsp3) is 0.419. The maximum absolute atomic E-state index is 15.5. The minimum atomic E-state index is -2.80. The van der Waals surface area contributed by atoms with Crippen molar-refractivity contribution in [3.63, 3.8) is 0 Å². The number of hydrogen-bond acceptors (Lipinski definition) is 6. The van der Waals surface area contributed by atoms with Crippen molar-refractivity contribution in [3.05, 3.63) is 58.2 Å². The second-order valence-corrected chi connectivity index (χ2v) is 11.7. The maximum Gasteiger partial charge on any atom is 0.407 e. The average molecular weight is 591 g/mol. The molecule has 5 heterocycles. The number of H-pyrrole nitrogens is 1. The Morgan fingerprint density at radius 2 is 2.19 bits per heavy atom. The van der Waals surface area contributed by atoms with Crippen LogP contribution in [0.25, 0.3) is 44.5 Å². The van der Waals surface area contributed by atoms with Gasteiger partial charge in [0, 0.05) is 41.5 Å². The van der Waals surface area contributed by atoms with Gasteiger partial charge in [0.05, 0.1) is 53.2 Å². The summed E-state index contributed by atoms with van der Waals surface area (Å²) in [5.74, 6) is -0.679. The molecule has 11 nitrogen and oxygen atoms in total. The van der Waals surface area contributed by atoms with Crippen LogP contribution in [0.3, 0.4) is 0 Å². The third-order valence-electron chi connectivity index (χ3n) is 8.87. The number of ether oxygens (including phenoxy) is 2. The number of halogens is 1. The Labute approximate surface area is 250 Å². The fourth-order valence-corrected chi connectivity index (χ4v) is 6.74. The Balaban J connectivity index is 1.55. The van der Waals surface area contributed by atoms with Gasteiger partial charge in [-0.1, -0.05) is 12.1 Å². The Kier molecular flexibility index (Phi) is 5.48. The lowest BCUT2D eigenvalue weighted by Gasteiger charge is -2.18. The van der Waals surface area contributed by atoms with Gasteiger partial charge < -0.3 is 19.8 Å². The molecule has 2 N–H and O–H groups in total. The second kappa shape index (κ2) is 9.80. The number of pyridine rings is 1. The fourth-order valence-electron chi connectivity index (χ4n) is 6.74. The molecule has 0 unspecified atom stereocenters. The molecule has 7 rings (SSSR count). The van der Waals surface area contributed by atoms with Gasteiger partial charge >= 0.3 is 11.8 Å². The number of hydrogen-bond donors (Lipinski definition) is 2. The molecule has 43 heavy (non-hydrogen) atoms. The number of aryl methyl sites for hydroxylation is 2. The lowest BCUT2D eigenvalue weighted by molar-refractivity contribution is -0.00789. The largest absolute Gasteiger partial charge is 0.453 e. The number of carbonyl (C=O) groups is 1. The van der Waals surface area contributed by atoms with E-state index in [0.29, 0.717) is 60.2 Å². The van der Waals surface area contributed by atoms with Crippen LogP contribution in [0.1, 0.15) is 61.3 Å². The number of benzene rings is 1. The van der Waals surface area contributed by atoms with Crippen LogP contribution in [0.4, 0.5) is 9.18 Å². The first-order valence-electron chi connectivity index (χ1n) is 15.9. The molecule has 2 atom stereocenters. The Morgan fingerprint density at radius 1 is 1.35 bits per heavy atom. The van der Waals surface area contributed by atoms with Gasteiger partial charge in [-0.3, -0.25) is 13.8 Å². The molecular formula is C31H34FN7O4. The predicted molar refractivity (Wildman–Crippen MR) is 159 cm³/mol. The molecule has 12 heteroatoms. The molecule has 2 aliphatic rings. The lowest BCUT2D eigenvalue weighted by atomic mass is 9.91. The summed E-state index contributed by atoms with van der Waals surface area (Å²) in [5, 5.41) is 7.32. The van der Waals surface area contributed by atoms with Crippen LogP contribution in [-0.2, 0) is 35.2 Å². The molecule has 4 aromatic heterocycles. The van der Waals surface area contributed by atoms with E-state index in [1.54, 1.807) is 6.20 Å². The van der Waals surface area contributed by atoms with Crippen LogP contribution < -0.4 is 11.0 Å². The summed E-state index contributed by atoms with van der Waals surface area (Å²) in [4.78, 5) is 34.0. The smallest absolute Gasteiger partial charge is 0.407 e. The summed E-state index contributed by atoms with van der Waals surface area (Å²) in [6.07, 6.45) is 3.86. The molecule has 0 saturated heterocycles. The quantitative estimate of drug-likeness (QED) is 0.293. The van der Waals surface area contributed by atoms with E-state index in [-0.39, 0.29) is 17.1 Å². The molecule has 0 bridgehead atoms. The third kappa shape index (κ3) is 4.18. The molecule has 1 fully saturated rings. The number of rotatable bonds is 5. The Morgan fingerprint density at radius 3 is 2.93 bits per heavy atom. The topological polar surface area (TPSA) is 121 Å². The van der Waals surface area contributed by atoms with E-state index < -0.39 is 36.3 Å². The van der Waals surface area contributed by atoms with Crippen molar-refractivity contribution >= 4 is 28.2 Å². The number of methoxy groups -OCH3 is 1. The SMILES string of the molecule is [2H]C([2H])([2H])n1c(=O)n([C@@H]2CC[C@@H](NC(=O)OC)C2)c2c3c(-c4ccc5c(c4)COC5(C)C)c(-c4cn(CC)nc4F)[nH]c3ncc21. The van der Waals surface area contributed by atoms with Crippen molar-refractivity contribution in [3.8, 4) is 22.4 Å². The summed E-state index contributed by atoms with van der Waals surface area (Å²) in [6.45, 7) is 3.89. The molecule has 1 amide bonds. The summed E-state index contributed by atoms with van der Waals surface area (Å²) in [7, 11) is 1.28. The lowest BCUT2D eigenvalue weighted by Crippen LogP contribution is -2.33. The zero-order valence-corrected chi connectivity index (χ0v) is 24.3. The van der Waals surface area contributed by atoms with Gasteiger partial charge in [-0.15, -0.1) is 5.10 Å². The number of imidazole rings is 1. The Hall–Kier alpha value is -4.45. The predicted octanol–water partition coefficient (Wildman–Crippen LogP) is 5.12. The molecule has 1 aliphatic heterocycles. The maximum atomic E-state index is 15.5. The zero-order valence-electron chi connectivity index (χ0n) is 27.3. The Bertz CT molecular complexity index is 2090. The third-order valence-corrected chi connectivity index (χ3v) is 8.87. The van der Waals surface area contributed by atoms with E-state index in [1.807, 2.05) is 39.0 Å². The minimum Gasteiger partial charge on any atom is -0.453 e. The van der Waals surface area contributed by atoms with E-state index in [0.717, 1.165) is 21.3 Å². The molecule has 1 saturated carbocycles. The second-order valence-electron chi connectivity index (χ2n) is 11.7. The van der Waals surface area contributed by atoms with Crippen molar-refractivity contribution in [2.45, 2.75) is 70.9 Å². The van der Waals surface area contributed by atoms with Gasteiger partial charge in [0.2, 0.25) is 5.95 Å². The highest BCUT2D eigenvalue weighted by molar-refractivity contribution is 6.14. The van der Waals surface area contributed by atoms with Gasteiger partial charge in [-0.05, 0) is 62.8 Å². The first-order chi connectivity index (χ1) is 21.8. The number of carbonyl (C=O) groups excluding carboxylic acids is 1. The highest BCUT2D eigenvalue weighted by atomic mass is 19.1. The number of amides is 1. The molecule has 1 aromatic carbocycles. The number of nitrogens with one attached hydrogen (secondary N) is 2. The monoisotopic (exact) mass is 590 g/mol. The molecule has 5 aromatic rings. The van der Waals surface area contributed by atoms with Gasteiger partial charge in [0.1, 0.15) is 5.65 Å². The number of nitrogens with zero attached hydrogens (tertiary/aromatic N) is 5.